The number of rotatable bonds is 5. The minimum Gasteiger partial charge on any atom is -0.363 e. The molecule has 2 heterocycles. The van der Waals surface area contributed by atoms with Crippen molar-refractivity contribution in [2.45, 2.75) is 30.8 Å². The van der Waals surface area contributed by atoms with Crippen molar-refractivity contribution in [3.8, 4) is 0 Å². The van der Waals surface area contributed by atoms with Crippen molar-refractivity contribution in [1.82, 2.24) is 9.97 Å². The quantitative estimate of drug-likeness (QED) is 0.651. The predicted molar refractivity (Wildman–Crippen MR) is 92.0 cm³/mol. The Labute approximate surface area is 134 Å². The zero-order valence-electron chi connectivity index (χ0n) is 13.0. The van der Waals surface area contributed by atoms with Crippen LogP contribution in [0.4, 0.5) is 5.82 Å². The second-order valence-corrected chi connectivity index (χ2v) is 7.71. The van der Waals surface area contributed by atoms with Crippen LogP contribution in [0.3, 0.4) is 0 Å². The largest absolute Gasteiger partial charge is 0.363 e. The Bertz CT molecular complexity index is 636. The molecule has 1 aliphatic rings. The lowest BCUT2D eigenvalue weighted by molar-refractivity contribution is -0.856. The molecule has 114 valence electrons. The van der Waals surface area contributed by atoms with E-state index < -0.39 is 0 Å². The van der Waals surface area contributed by atoms with E-state index >= 15 is 0 Å². The van der Waals surface area contributed by atoms with Gasteiger partial charge in [-0.25, -0.2) is 9.97 Å². The molecule has 0 amide bonds. The third-order valence-electron chi connectivity index (χ3n) is 3.87. The van der Waals surface area contributed by atoms with Crippen LogP contribution < -0.4 is 10.2 Å². The molecule has 0 unspecified atom stereocenters. The van der Waals surface area contributed by atoms with E-state index in [9.17, 15) is 0 Å². The van der Waals surface area contributed by atoms with Gasteiger partial charge in [0.1, 0.15) is 5.82 Å². The van der Waals surface area contributed by atoms with Crippen LogP contribution >= 0.6 is 23.1 Å². The molecule has 0 spiro atoms. The molecule has 0 radical (unpaired) electrons. The number of aromatic nitrogens is 2. The normalized spacial score (nSPS) is 14.7. The SMILES string of the molecule is CSc1nc(NCC[NH+](C)C)c2sc3c(c2n1)CCCC3. The van der Waals surface area contributed by atoms with Gasteiger partial charge in [0.25, 0.3) is 0 Å². The van der Waals surface area contributed by atoms with E-state index in [2.05, 4.69) is 19.4 Å². The fraction of sp³-hybridized carbons (Fsp3) is 0.600. The van der Waals surface area contributed by atoms with Crippen molar-refractivity contribution in [2.24, 2.45) is 0 Å². The maximum absolute atomic E-state index is 4.79. The Balaban J connectivity index is 1.99. The number of likely N-dealkylation sites (N-methyl/N-ethyl adjacent to an activating group) is 1. The Morgan fingerprint density at radius 3 is 2.81 bits per heavy atom. The van der Waals surface area contributed by atoms with Crippen LogP contribution in [0.25, 0.3) is 10.2 Å². The molecule has 2 N–H and O–H groups in total. The molecule has 2 aromatic rings. The van der Waals surface area contributed by atoms with E-state index in [0.29, 0.717) is 0 Å². The van der Waals surface area contributed by atoms with Gasteiger partial charge in [0.05, 0.1) is 37.4 Å². The highest BCUT2D eigenvalue weighted by atomic mass is 32.2. The van der Waals surface area contributed by atoms with Crippen molar-refractivity contribution < 1.29 is 4.90 Å². The first-order chi connectivity index (χ1) is 10.2. The van der Waals surface area contributed by atoms with Gasteiger partial charge in [0.2, 0.25) is 0 Å². The molecule has 3 rings (SSSR count). The van der Waals surface area contributed by atoms with Gasteiger partial charge in [-0.05, 0) is 37.5 Å². The summed E-state index contributed by atoms with van der Waals surface area (Å²) in [6, 6.07) is 0. The molecule has 0 bridgehead atoms. The second-order valence-electron chi connectivity index (χ2n) is 5.83. The van der Waals surface area contributed by atoms with Gasteiger partial charge in [0, 0.05) is 4.88 Å². The van der Waals surface area contributed by atoms with Gasteiger partial charge in [-0.2, -0.15) is 0 Å². The number of thioether (sulfide) groups is 1. The number of anilines is 1. The summed E-state index contributed by atoms with van der Waals surface area (Å²) < 4.78 is 1.26. The smallest absolute Gasteiger partial charge is 0.189 e. The van der Waals surface area contributed by atoms with E-state index in [1.165, 1.54) is 51.2 Å². The van der Waals surface area contributed by atoms with Crippen LogP contribution in [0.5, 0.6) is 0 Å². The number of fused-ring (bicyclic) bond motifs is 3. The first-order valence-electron chi connectivity index (χ1n) is 7.58. The van der Waals surface area contributed by atoms with Crippen LogP contribution in [0.2, 0.25) is 0 Å². The average Bonchev–Trinajstić information content (AvgIpc) is 2.85. The van der Waals surface area contributed by atoms with E-state index in [1.807, 2.05) is 17.6 Å². The number of quaternary nitrogens is 1. The lowest BCUT2D eigenvalue weighted by Crippen LogP contribution is -3.06. The van der Waals surface area contributed by atoms with Crippen LogP contribution in [-0.2, 0) is 12.8 Å². The van der Waals surface area contributed by atoms with E-state index in [-0.39, 0.29) is 0 Å². The number of aryl methyl sites for hydroxylation is 2. The molecule has 21 heavy (non-hydrogen) atoms. The van der Waals surface area contributed by atoms with Gasteiger partial charge in [-0.15, -0.1) is 11.3 Å². The highest BCUT2D eigenvalue weighted by Gasteiger charge is 2.20. The third kappa shape index (κ3) is 3.17. The summed E-state index contributed by atoms with van der Waals surface area (Å²) in [5.41, 5.74) is 2.69. The van der Waals surface area contributed by atoms with Gasteiger partial charge in [0.15, 0.2) is 5.16 Å². The summed E-state index contributed by atoms with van der Waals surface area (Å²) in [5.74, 6) is 1.03. The first kappa shape index (κ1) is 15.1. The fourth-order valence-electron chi connectivity index (χ4n) is 2.74. The molecular formula is C15H23N4S2+. The van der Waals surface area contributed by atoms with Crippen LogP contribution in [0.1, 0.15) is 23.3 Å². The molecule has 4 nitrogen and oxygen atoms in total. The number of nitrogens with one attached hydrogen (secondary N) is 2. The highest BCUT2D eigenvalue weighted by Crippen LogP contribution is 2.39. The maximum atomic E-state index is 4.79. The third-order valence-corrected chi connectivity index (χ3v) is 5.71. The van der Waals surface area contributed by atoms with Crippen LogP contribution in [0, 0.1) is 0 Å². The summed E-state index contributed by atoms with van der Waals surface area (Å²) in [6.45, 7) is 2.04. The number of nitrogens with zero attached hydrogens (tertiary/aromatic N) is 2. The van der Waals surface area contributed by atoms with E-state index in [1.54, 1.807) is 11.8 Å². The summed E-state index contributed by atoms with van der Waals surface area (Å²) in [5, 5.41) is 4.41. The van der Waals surface area contributed by atoms with Gasteiger partial charge >= 0.3 is 0 Å². The molecule has 0 aromatic carbocycles. The summed E-state index contributed by atoms with van der Waals surface area (Å²) in [6.07, 6.45) is 7.06. The lowest BCUT2D eigenvalue weighted by atomic mass is 9.98. The Morgan fingerprint density at radius 2 is 2.05 bits per heavy atom. The number of thiophene rings is 1. The standard InChI is InChI=1S/C15H22N4S2/c1-19(2)9-8-16-14-13-12(17-15(18-14)20-3)10-6-4-5-7-11(10)21-13/h4-9H2,1-3H3,(H,16,17,18)/p+1. The fourth-order valence-corrected chi connectivity index (χ4v) is 4.40. The highest BCUT2D eigenvalue weighted by molar-refractivity contribution is 7.98. The summed E-state index contributed by atoms with van der Waals surface area (Å²) >= 11 is 3.53. The van der Waals surface area contributed by atoms with Crippen molar-refractivity contribution in [3.63, 3.8) is 0 Å². The van der Waals surface area contributed by atoms with E-state index in [0.717, 1.165) is 24.1 Å². The van der Waals surface area contributed by atoms with Crippen molar-refractivity contribution >= 4 is 39.1 Å². The number of hydrogen-bond acceptors (Lipinski definition) is 5. The minimum absolute atomic E-state index is 0.883. The summed E-state index contributed by atoms with van der Waals surface area (Å²) in [4.78, 5) is 12.5. The average molecular weight is 324 g/mol. The molecule has 0 aliphatic heterocycles. The van der Waals surface area contributed by atoms with E-state index in [4.69, 9.17) is 9.97 Å². The van der Waals surface area contributed by atoms with Crippen molar-refractivity contribution in [3.05, 3.63) is 10.4 Å². The molecule has 0 saturated carbocycles. The summed E-state index contributed by atoms with van der Waals surface area (Å²) in [7, 11) is 4.35. The molecule has 0 fully saturated rings. The van der Waals surface area contributed by atoms with Crippen LogP contribution in [0.15, 0.2) is 5.16 Å². The minimum atomic E-state index is 0.883. The first-order valence-corrected chi connectivity index (χ1v) is 9.62. The maximum Gasteiger partial charge on any atom is 0.189 e. The molecule has 1 aliphatic carbocycles. The zero-order valence-corrected chi connectivity index (χ0v) is 14.6. The van der Waals surface area contributed by atoms with Crippen molar-refractivity contribution in [1.29, 1.82) is 0 Å². The molecule has 6 heteroatoms. The molecule has 0 saturated heterocycles. The zero-order chi connectivity index (χ0) is 14.8. The lowest BCUT2D eigenvalue weighted by Gasteiger charge is -2.11. The molecular weight excluding hydrogens is 300 g/mol. The van der Waals surface area contributed by atoms with Gasteiger partial charge in [-0.3, -0.25) is 0 Å². The van der Waals surface area contributed by atoms with Gasteiger partial charge < -0.3 is 10.2 Å². The second kappa shape index (κ2) is 6.50. The Kier molecular flexibility index (Phi) is 4.66. The van der Waals surface area contributed by atoms with Crippen molar-refractivity contribution in [2.75, 3.05) is 38.8 Å². The molecule has 0 atom stereocenters. The number of hydrogen-bond donors (Lipinski definition) is 2. The van der Waals surface area contributed by atoms with Crippen LogP contribution in [-0.4, -0.2) is 43.4 Å². The molecule has 2 aromatic heterocycles. The topological polar surface area (TPSA) is 42.2 Å². The predicted octanol–water partition coefficient (Wildman–Crippen LogP) is 1.85. The monoisotopic (exact) mass is 323 g/mol. The Morgan fingerprint density at radius 1 is 1.24 bits per heavy atom. The van der Waals surface area contributed by atoms with Gasteiger partial charge in [-0.1, -0.05) is 11.8 Å². The Hall–Kier alpha value is -0.850.